The number of hydrogen-bond donors (Lipinski definition) is 0. The van der Waals surface area contributed by atoms with Gasteiger partial charge in [0.1, 0.15) is 6.61 Å². The number of piperidine rings is 1. The molecular weight excluding hydrogens is 268 g/mol. The van der Waals surface area contributed by atoms with Crippen LogP contribution in [0.3, 0.4) is 0 Å². The third-order valence-electron chi connectivity index (χ3n) is 4.21. The van der Waals surface area contributed by atoms with Crippen LogP contribution in [0.1, 0.15) is 18.4 Å². The Morgan fingerprint density at radius 3 is 2.48 bits per heavy atom. The Morgan fingerprint density at radius 1 is 1.14 bits per heavy atom. The highest BCUT2D eigenvalue weighted by molar-refractivity contribution is 5.94. The van der Waals surface area contributed by atoms with Crippen molar-refractivity contribution in [1.29, 1.82) is 0 Å². The first-order chi connectivity index (χ1) is 10.2. The number of benzene rings is 1. The van der Waals surface area contributed by atoms with Gasteiger partial charge in [0, 0.05) is 12.5 Å². The van der Waals surface area contributed by atoms with Gasteiger partial charge in [-0.3, -0.25) is 9.69 Å². The lowest BCUT2D eigenvalue weighted by molar-refractivity contribution is -0.133. The van der Waals surface area contributed by atoms with Gasteiger partial charge in [-0.2, -0.15) is 0 Å². The van der Waals surface area contributed by atoms with Gasteiger partial charge in [0.05, 0.1) is 6.54 Å². The molecule has 5 nitrogen and oxygen atoms in total. The van der Waals surface area contributed by atoms with E-state index in [-0.39, 0.29) is 11.8 Å². The zero-order valence-corrected chi connectivity index (χ0v) is 12.0. The van der Waals surface area contributed by atoms with Crippen LogP contribution < -0.4 is 0 Å². The maximum atomic E-state index is 12.3. The molecule has 0 N–H and O–H groups in total. The number of cyclic esters (lactones) is 1. The van der Waals surface area contributed by atoms with Gasteiger partial charge in [-0.05, 0) is 31.5 Å². The zero-order valence-electron chi connectivity index (χ0n) is 12.0. The molecule has 0 unspecified atom stereocenters. The average Bonchev–Trinajstić information content (AvgIpc) is 2.94. The zero-order chi connectivity index (χ0) is 14.7. The minimum atomic E-state index is -0.480. The minimum absolute atomic E-state index is 0.0392. The van der Waals surface area contributed by atoms with Crippen LogP contribution in [0.25, 0.3) is 0 Å². The normalized spacial score (nSPS) is 20.6. The molecule has 1 aromatic carbocycles. The largest absolute Gasteiger partial charge is 0.447 e. The van der Waals surface area contributed by atoms with Crippen LogP contribution in [0.4, 0.5) is 4.79 Å². The smallest absolute Gasteiger partial charge is 0.416 e. The molecule has 21 heavy (non-hydrogen) atoms. The number of carbonyl (C=O) groups is 2. The number of amides is 2. The Labute approximate surface area is 124 Å². The van der Waals surface area contributed by atoms with Crippen LogP contribution in [0.15, 0.2) is 30.3 Å². The van der Waals surface area contributed by atoms with E-state index in [9.17, 15) is 9.59 Å². The Balaban J connectivity index is 1.51. The number of ether oxygens (including phenoxy) is 1. The molecule has 0 aromatic heterocycles. The van der Waals surface area contributed by atoms with Gasteiger partial charge in [-0.1, -0.05) is 30.3 Å². The van der Waals surface area contributed by atoms with Gasteiger partial charge in [-0.15, -0.1) is 0 Å². The summed E-state index contributed by atoms with van der Waals surface area (Å²) in [6.45, 7) is 3.45. The number of likely N-dealkylation sites (tertiary alicyclic amines) is 1. The number of rotatable bonds is 3. The summed E-state index contributed by atoms with van der Waals surface area (Å²) in [5.74, 6) is -0.0977. The maximum absolute atomic E-state index is 12.3. The molecule has 112 valence electrons. The number of nitrogens with zero attached hydrogens (tertiary/aromatic N) is 2. The Morgan fingerprint density at radius 2 is 1.86 bits per heavy atom. The summed E-state index contributed by atoms with van der Waals surface area (Å²) in [5.41, 5.74) is 1.30. The summed E-state index contributed by atoms with van der Waals surface area (Å²) < 4.78 is 4.83. The Hall–Kier alpha value is -1.88. The highest BCUT2D eigenvalue weighted by Crippen LogP contribution is 2.22. The molecule has 0 spiro atoms. The van der Waals surface area contributed by atoms with Crippen LogP contribution in [0.5, 0.6) is 0 Å². The molecule has 5 heteroatoms. The van der Waals surface area contributed by atoms with E-state index in [0.717, 1.165) is 32.5 Å². The summed E-state index contributed by atoms with van der Waals surface area (Å²) >= 11 is 0. The van der Waals surface area contributed by atoms with Crippen molar-refractivity contribution in [3.63, 3.8) is 0 Å². The van der Waals surface area contributed by atoms with Crippen LogP contribution in [-0.4, -0.2) is 48.0 Å². The van der Waals surface area contributed by atoms with E-state index < -0.39 is 6.09 Å². The van der Waals surface area contributed by atoms with E-state index in [2.05, 4.69) is 17.0 Å². The summed E-state index contributed by atoms with van der Waals surface area (Å²) in [6.07, 6.45) is 1.15. The maximum Gasteiger partial charge on any atom is 0.416 e. The first-order valence-electron chi connectivity index (χ1n) is 7.48. The molecule has 2 fully saturated rings. The summed E-state index contributed by atoms with van der Waals surface area (Å²) in [4.78, 5) is 27.3. The van der Waals surface area contributed by atoms with E-state index in [4.69, 9.17) is 4.74 Å². The van der Waals surface area contributed by atoms with Crippen molar-refractivity contribution in [2.24, 2.45) is 5.92 Å². The molecular formula is C16H20N2O3. The van der Waals surface area contributed by atoms with Crippen LogP contribution in [0, 0.1) is 5.92 Å². The molecule has 2 saturated heterocycles. The minimum Gasteiger partial charge on any atom is -0.447 e. The van der Waals surface area contributed by atoms with E-state index in [1.807, 2.05) is 18.2 Å². The van der Waals surface area contributed by atoms with Gasteiger partial charge in [0.15, 0.2) is 0 Å². The third-order valence-corrected chi connectivity index (χ3v) is 4.21. The van der Waals surface area contributed by atoms with Gasteiger partial charge in [0.2, 0.25) is 5.91 Å². The summed E-state index contributed by atoms with van der Waals surface area (Å²) in [6, 6.07) is 10.4. The van der Waals surface area contributed by atoms with Crippen molar-refractivity contribution in [2.75, 3.05) is 26.2 Å². The molecule has 3 rings (SSSR count). The predicted molar refractivity (Wildman–Crippen MR) is 77.5 cm³/mol. The molecule has 0 bridgehead atoms. The summed E-state index contributed by atoms with van der Waals surface area (Å²) in [7, 11) is 0. The first kappa shape index (κ1) is 14.1. The molecule has 2 amide bonds. The monoisotopic (exact) mass is 288 g/mol. The molecule has 2 aliphatic rings. The van der Waals surface area contributed by atoms with E-state index in [1.54, 1.807) is 0 Å². The van der Waals surface area contributed by atoms with E-state index in [0.29, 0.717) is 13.2 Å². The van der Waals surface area contributed by atoms with Crippen molar-refractivity contribution in [3.8, 4) is 0 Å². The van der Waals surface area contributed by atoms with Crippen molar-refractivity contribution in [2.45, 2.75) is 19.4 Å². The highest BCUT2D eigenvalue weighted by Gasteiger charge is 2.34. The standard InChI is InChI=1S/C16H20N2O3/c19-15(18-10-11-21-16(18)20)14-6-8-17(9-7-14)12-13-4-2-1-3-5-13/h1-5,14H,6-12H2. The molecule has 0 saturated carbocycles. The van der Waals surface area contributed by atoms with Gasteiger partial charge >= 0.3 is 6.09 Å². The molecule has 0 atom stereocenters. The van der Waals surface area contributed by atoms with Gasteiger partial charge < -0.3 is 4.74 Å². The Bertz CT molecular complexity index is 510. The second kappa shape index (κ2) is 6.26. The van der Waals surface area contributed by atoms with Crippen molar-refractivity contribution in [1.82, 2.24) is 9.80 Å². The molecule has 2 aliphatic heterocycles. The highest BCUT2D eigenvalue weighted by atomic mass is 16.6. The number of carbonyl (C=O) groups excluding carboxylic acids is 2. The SMILES string of the molecule is O=C1OCCN1C(=O)C1CCN(Cc2ccccc2)CC1. The third kappa shape index (κ3) is 3.24. The molecule has 0 aliphatic carbocycles. The topological polar surface area (TPSA) is 49.9 Å². The van der Waals surface area contributed by atoms with E-state index >= 15 is 0 Å². The van der Waals surface area contributed by atoms with Crippen LogP contribution in [-0.2, 0) is 16.1 Å². The second-order valence-electron chi connectivity index (χ2n) is 5.64. The van der Waals surface area contributed by atoms with Crippen molar-refractivity contribution in [3.05, 3.63) is 35.9 Å². The van der Waals surface area contributed by atoms with Gasteiger partial charge in [-0.25, -0.2) is 9.69 Å². The van der Waals surface area contributed by atoms with Gasteiger partial charge in [0.25, 0.3) is 0 Å². The van der Waals surface area contributed by atoms with Crippen molar-refractivity contribution >= 4 is 12.0 Å². The van der Waals surface area contributed by atoms with Crippen LogP contribution >= 0.6 is 0 Å². The lowest BCUT2D eigenvalue weighted by Gasteiger charge is -2.32. The lowest BCUT2D eigenvalue weighted by Crippen LogP contribution is -2.42. The fraction of sp³-hybridized carbons (Fsp3) is 0.500. The fourth-order valence-corrected chi connectivity index (χ4v) is 2.99. The van der Waals surface area contributed by atoms with Crippen LogP contribution in [0.2, 0.25) is 0 Å². The lowest BCUT2D eigenvalue weighted by atomic mass is 9.95. The predicted octanol–water partition coefficient (Wildman–Crippen LogP) is 1.88. The number of imide groups is 1. The number of hydrogen-bond acceptors (Lipinski definition) is 4. The molecule has 2 heterocycles. The first-order valence-corrected chi connectivity index (χ1v) is 7.48. The molecule has 0 radical (unpaired) electrons. The average molecular weight is 288 g/mol. The summed E-state index contributed by atoms with van der Waals surface area (Å²) in [5, 5.41) is 0. The fourth-order valence-electron chi connectivity index (χ4n) is 2.99. The Kier molecular flexibility index (Phi) is 4.20. The quantitative estimate of drug-likeness (QED) is 0.852. The second-order valence-corrected chi connectivity index (χ2v) is 5.64. The van der Waals surface area contributed by atoms with E-state index in [1.165, 1.54) is 10.5 Å². The van der Waals surface area contributed by atoms with Crippen molar-refractivity contribution < 1.29 is 14.3 Å². The molecule has 1 aromatic rings.